The number of allylic oxidation sites excluding steroid dienone is 3. The van der Waals surface area contributed by atoms with Gasteiger partial charge in [-0.3, -0.25) is 21.5 Å². The lowest BCUT2D eigenvalue weighted by molar-refractivity contribution is -0.131. The lowest BCUT2D eigenvalue weighted by Crippen LogP contribution is -2.31. The maximum Gasteiger partial charge on any atom is 0.386 e. The molecule has 434 valence electrons. The number of hydrazine groups is 1. The summed E-state index contributed by atoms with van der Waals surface area (Å²) < 4.78 is 38.8. The molecule has 0 saturated heterocycles. The van der Waals surface area contributed by atoms with Gasteiger partial charge in [0.1, 0.15) is 0 Å². The van der Waals surface area contributed by atoms with Crippen molar-refractivity contribution in [1.82, 2.24) is 19.4 Å². The van der Waals surface area contributed by atoms with E-state index in [0.29, 0.717) is 31.0 Å². The Morgan fingerprint density at radius 3 is 1.95 bits per heavy atom. The number of rotatable bonds is 27. The molecule has 0 radical (unpaired) electrons. The van der Waals surface area contributed by atoms with Gasteiger partial charge in [0.25, 0.3) is 6.47 Å². The van der Waals surface area contributed by atoms with Crippen LogP contribution >= 0.6 is 0 Å². The summed E-state index contributed by atoms with van der Waals surface area (Å²) in [6, 6.07) is 20.5. The summed E-state index contributed by atoms with van der Waals surface area (Å²) in [5.41, 5.74) is 22.6. The summed E-state index contributed by atoms with van der Waals surface area (Å²) in [6.07, 6.45) is 13.1. The first-order valence-corrected chi connectivity index (χ1v) is 27.3. The molecule has 0 spiro atoms. The summed E-state index contributed by atoms with van der Waals surface area (Å²) in [7, 11) is 5.51. The lowest BCUT2D eigenvalue weighted by atomic mass is 9.83. The molecule has 0 aliphatic heterocycles. The van der Waals surface area contributed by atoms with Gasteiger partial charge in [0.2, 0.25) is 0 Å². The van der Waals surface area contributed by atoms with Crippen LogP contribution < -0.4 is 23.2 Å². The number of ether oxygens (including phenoxy) is 1. The van der Waals surface area contributed by atoms with Crippen molar-refractivity contribution in [2.75, 3.05) is 40.8 Å². The highest BCUT2D eigenvalue weighted by Crippen LogP contribution is 2.42. The van der Waals surface area contributed by atoms with Gasteiger partial charge in [0, 0.05) is 72.1 Å². The minimum Gasteiger partial charge on any atom is -0.467 e. The third-order valence-corrected chi connectivity index (χ3v) is 12.4. The molecule has 4 rings (SSSR count). The van der Waals surface area contributed by atoms with E-state index in [0.717, 1.165) is 87.2 Å². The molecule has 2 heterocycles. The van der Waals surface area contributed by atoms with Crippen molar-refractivity contribution in [2.24, 2.45) is 34.5 Å². The molecular weight excluding hydrogens is 970 g/mol. The van der Waals surface area contributed by atoms with Crippen LogP contribution in [-0.2, 0) is 28.9 Å². The fourth-order valence-electron chi connectivity index (χ4n) is 8.41. The van der Waals surface area contributed by atoms with Gasteiger partial charge in [-0.15, -0.1) is 6.58 Å². The first-order valence-electron chi connectivity index (χ1n) is 27.3. The minimum absolute atomic E-state index is 0.188. The normalized spacial score (nSPS) is 11.6. The molecule has 2 aromatic heterocycles. The van der Waals surface area contributed by atoms with Gasteiger partial charge < -0.3 is 30.6 Å². The zero-order valence-electron chi connectivity index (χ0n) is 50.3. The lowest BCUT2D eigenvalue weighted by Gasteiger charge is -2.26. The average molecular weight is 1080 g/mol. The molecule has 2 aromatic carbocycles. The van der Waals surface area contributed by atoms with Crippen LogP contribution in [0, 0.1) is 11.3 Å². The summed E-state index contributed by atoms with van der Waals surface area (Å²) >= 11 is 0. The fourth-order valence-corrected chi connectivity index (χ4v) is 8.41. The van der Waals surface area contributed by atoms with Gasteiger partial charge in [-0.1, -0.05) is 150 Å². The summed E-state index contributed by atoms with van der Waals surface area (Å²) in [4.78, 5) is 20.3. The highest BCUT2D eigenvalue weighted by atomic mass is 19.4. The number of fused-ring (bicyclic) bond motifs is 1. The molecule has 0 amide bonds. The van der Waals surface area contributed by atoms with E-state index in [1.807, 2.05) is 52.4 Å². The summed E-state index contributed by atoms with van der Waals surface area (Å²) in [5, 5.41) is 1.25. The molecule has 77 heavy (non-hydrogen) atoms. The second-order valence-corrected chi connectivity index (χ2v) is 19.5. The number of carbonyl (C=O) groups excluding carboxylic acids is 1. The van der Waals surface area contributed by atoms with Crippen LogP contribution in [0.25, 0.3) is 33.3 Å². The van der Waals surface area contributed by atoms with Gasteiger partial charge in [-0.25, -0.2) is 0 Å². The number of halogens is 3. The van der Waals surface area contributed by atoms with Crippen molar-refractivity contribution in [3.63, 3.8) is 0 Å². The van der Waals surface area contributed by atoms with Crippen LogP contribution in [0.4, 0.5) is 13.2 Å². The molecule has 8 N–H and O–H groups in total. The number of hydrogen-bond donors (Lipinski definition) is 4. The Balaban J connectivity index is -0.00000135. The minimum atomic E-state index is -4.00. The van der Waals surface area contributed by atoms with Gasteiger partial charge in [-0.2, -0.15) is 13.2 Å². The van der Waals surface area contributed by atoms with Crippen molar-refractivity contribution in [1.29, 1.82) is 0 Å². The Kier molecular flexibility index (Phi) is 41.5. The van der Waals surface area contributed by atoms with Crippen LogP contribution in [0.1, 0.15) is 144 Å². The van der Waals surface area contributed by atoms with Gasteiger partial charge >= 0.3 is 6.18 Å². The number of nitrogens with two attached hydrogens (primary N) is 4. The summed E-state index contributed by atoms with van der Waals surface area (Å²) in [6.45, 7) is 48.5. The van der Waals surface area contributed by atoms with Crippen molar-refractivity contribution in [2.45, 2.75) is 159 Å². The zero-order valence-corrected chi connectivity index (χ0v) is 50.3. The van der Waals surface area contributed by atoms with E-state index < -0.39 is 6.18 Å². The smallest absolute Gasteiger partial charge is 0.386 e. The van der Waals surface area contributed by atoms with Crippen LogP contribution in [-0.4, -0.2) is 78.9 Å². The number of nitrogens with zero attached hydrogens (tertiary/aromatic N) is 4. The van der Waals surface area contributed by atoms with E-state index in [1.165, 1.54) is 64.3 Å². The molecule has 13 heteroatoms. The van der Waals surface area contributed by atoms with Crippen molar-refractivity contribution in [3.8, 4) is 22.4 Å². The Bertz CT molecular complexity index is 2290. The van der Waals surface area contributed by atoms with E-state index in [1.54, 1.807) is 0 Å². The topological polar surface area (TPSA) is 155 Å². The first kappa shape index (κ1) is 75.5. The molecule has 0 bridgehead atoms. The second-order valence-electron chi connectivity index (χ2n) is 19.5. The number of aromatic nitrogens is 2. The Labute approximate surface area is 466 Å². The van der Waals surface area contributed by atoms with Crippen molar-refractivity contribution in [3.05, 3.63) is 152 Å². The predicted octanol–water partition coefficient (Wildman–Crippen LogP) is 15.5. The molecule has 0 saturated carbocycles. The molecule has 3 atom stereocenters. The molecule has 0 aliphatic carbocycles. The third-order valence-electron chi connectivity index (χ3n) is 12.4. The van der Waals surface area contributed by atoms with Crippen molar-refractivity contribution >= 4 is 17.4 Å². The molecule has 4 aromatic rings. The average Bonchev–Trinajstić information content (AvgIpc) is 3.72. The largest absolute Gasteiger partial charge is 0.467 e. The highest BCUT2D eigenvalue weighted by Gasteiger charge is 2.28. The van der Waals surface area contributed by atoms with E-state index in [9.17, 15) is 18.0 Å². The number of hydrogen-bond acceptors (Lipinski definition) is 9. The van der Waals surface area contributed by atoms with E-state index in [4.69, 9.17) is 15.5 Å². The fraction of sp³-hybridized carbons (Fsp3) is 0.500. The summed E-state index contributed by atoms with van der Waals surface area (Å²) in [5.74, 6) is 8.84. The zero-order chi connectivity index (χ0) is 59.9. The number of pyridine rings is 1. The van der Waals surface area contributed by atoms with Gasteiger partial charge in [0.05, 0.1) is 18.0 Å². The van der Waals surface area contributed by atoms with Crippen molar-refractivity contribution < 1.29 is 22.7 Å². The predicted molar refractivity (Wildman–Crippen MR) is 329 cm³/mol. The van der Waals surface area contributed by atoms with E-state index in [-0.39, 0.29) is 12.3 Å². The number of benzene rings is 2. The second kappa shape index (κ2) is 42.3. The first-order chi connectivity index (χ1) is 36.5. The van der Waals surface area contributed by atoms with E-state index >= 15 is 0 Å². The number of carbonyl (C=O) groups is 1. The maximum atomic E-state index is 11.1. The Hall–Kier alpha value is -5.73. The molecule has 0 aliphatic rings. The standard InChI is InChI=1S/C40H50N2O2.C12H21N.C7H16N2.C2H3F3.C2H6.CH5N.H4N2/c1-8-29(4)16-12-11-13-17-31-18-14-19-32(24-31)33-21-22-37-35(25-33)36(26-40(6,7)27-44-28-43)39(42(37)10-3)34-20-15-23-41-38(34)30(5)9-2;1-6-9-13(12(5)8-3)10-11(4)7-2;1-5-7(6(2)8)9(3)4;1-2(3,4)5;3*1-2/h8,14-15,18-25,28,30H,1,4,9-13,16-17,26-27H2,2-3,5-7H3;7-8,11H,2-3,5-6,9-10H2,1,4H3;7H,2,5,8H2,1,3-4H3;1H3;1-2H3;2H2,1H3;1-2H2. The van der Waals surface area contributed by atoms with Crippen LogP contribution in [0.15, 0.2) is 135 Å². The molecule has 3 unspecified atom stereocenters. The van der Waals surface area contributed by atoms with E-state index in [2.05, 4.69) is 181 Å². The number of aryl methyl sites for hydroxylation is 2. The Morgan fingerprint density at radius 1 is 0.857 bits per heavy atom. The molecular formula is C64H105F3N8O2. The van der Waals surface area contributed by atoms with Crippen LogP contribution in [0.3, 0.4) is 0 Å². The number of unbranched alkanes of at least 4 members (excludes halogenated alkanes) is 2. The monoisotopic (exact) mass is 1070 g/mol. The maximum absolute atomic E-state index is 11.1. The molecule has 10 nitrogen and oxygen atoms in total. The number of likely N-dealkylation sites (N-methyl/N-ethyl adjacent to an activating group) is 1. The van der Waals surface area contributed by atoms with Crippen LogP contribution in [0.5, 0.6) is 0 Å². The van der Waals surface area contributed by atoms with Gasteiger partial charge in [-0.05, 0) is 144 Å². The van der Waals surface area contributed by atoms with Gasteiger partial charge in [0.15, 0.2) is 0 Å². The van der Waals surface area contributed by atoms with Crippen LogP contribution in [0.2, 0.25) is 0 Å². The number of alkyl halides is 3. The molecule has 0 fully saturated rings. The third kappa shape index (κ3) is 29.6. The SMILES string of the molecule is C=C(N)C(CC)N(C)C.C=CC(=C)CCCCCc1cccc(-c2ccc3c(c2)c(CC(C)(C)COC=O)c(-c2cccnc2C(C)CC)n3CC)c1.C=CC(=C)N(CCC)CC(C)C=C.CC.CC(F)(F)F.CN.NN. The highest BCUT2D eigenvalue weighted by molar-refractivity contribution is 5.95. The Morgan fingerprint density at radius 2 is 1.47 bits per heavy atom. The quantitative estimate of drug-likeness (QED) is 0.0114.